The molecule has 0 spiro atoms. The summed E-state index contributed by atoms with van der Waals surface area (Å²) in [7, 11) is 5.27. The van der Waals surface area contributed by atoms with Crippen LogP contribution in [0, 0.1) is 0 Å². The summed E-state index contributed by atoms with van der Waals surface area (Å²) in [5.74, 6) is 2.53. The zero-order chi connectivity index (χ0) is 15.5. The molecule has 0 fully saturated rings. The summed E-state index contributed by atoms with van der Waals surface area (Å²) in [6.07, 6.45) is 1.12. The van der Waals surface area contributed by atoms with E-state index < -0.39 is 0 Å². The maximum absolute atomic E-state index is 6.14. The number of para-hydroxylation sites is 1. The van der Waals surface area contributed by atoms with Crippen molar-refractivity contribution >= 4 is 0 Å². The number of methoxy groups -OCH3 is 2. The maximum atomic E-state index is 6.14. The van der Waals surface area contributed by atoms with Gasteiger partial charge in [-0.15, -0.1) is 0 Å². The Kier molecular flexibility index (Phi) is 4.20. The van der Waals surface area contributed by atoms with Crippen LogP contribution in [0.25, 0.3) is 11.1 Å². The van der Waals surface area contributed by atoms with Gasteiger partial charge in [0.25, 0.3) is 0 Å². The highest BCUT2D eigenvalue weighted by Crippen LogP contribution is 2.43. The van der Waals surface area contributed by atoms with Gasteiger partial charge >= 0.3 is 0 Å². The average molecular weight is 299 g/mol. The molecule has 22 heavy (non-hydrogen) atoms. The van der Waals surface area contributed by atoms with Gasteiger partial charge in [-0.2, -0.15) is 0 Å². The van der Waals surface area contributed by atoms with Crippen molar-refractivity contribution in [2.45, 2.75) is 12.5 Å². The van der Waals surface area contributed by atoms with Crippen molar-refractivity contribution in [2.24, 2.45) is 0 Å². The lowest BCUT2D eigenvalue weighted by Gasteiger charge is -2.15. The van der Waals surface area contributed by atoms with Gasteiger partial charge in [0.1, 0.15) is 23.4 Å². The van der Waals surface area contributed by atoms with Crippen molar-refractivity contribution in [1.29, 1.82) is 0 Å². The van der Waals surface area contributed by atoms with E-state index in [0.29, 0.717) is 0 Å². The molecule has 3 rings (SSSR count). The first-order valence-electron chi connectivity index (χ1n) is 7.42. The van der Waals surface area contributed by atoms with Crippen LogP contribution in [-0.2, 0) is 6.42 Å². The maximum Gasteiger partial charge on any atom is 0.131 e. The molecule has 2 aromatic carbocycles. The molecule has 1 aliphatic heterocycles. The van der Waals surface area contributed by atoms with Gasteiger partial charge < -0.3 is 19.5 Å². The summed E-state index contributed by atoms with van der Waals surface area (Å²) in [4.78, 5) is 0. The fourth-order valence-corrected chi connectivity index (χ4v) is 2.91. The Bertz CT molecular complexity index is 669. The molecule has 0 aliphatic carbocycles. The minimum Gasteiger partial charge on any atom is -0.497 e. The number of likely N-dealkylation sites (N-methyl/N-ethyl adjacent to an activating group) is 1. The Morgan fingerprint density at radius 1 is 1.14 bits per heavy atom. The lowest BCUT2D eigenvalue weighted by Crippen LogP contribution is -2.27. The highest BCUT2D eigenvalue weighted by molar-refractivity contribution is 5.78. The van der Waals surface area contributed by atoms with Gasteiger partial charge in [-0.1, -0.05) is 18.2 Å². The van der Waals surface area contributed by atoms with Gasteiger partial charge in [0.15, 0.2) is 0 Å². The smallest absolute Gasteiger partial charge is 0.131 e. The standard InChI is InChI=1S/C18H21NO3/c1-19-11-14-9-12-5-4-6-16(18(12)22-14)15-8-7-13(20-2)10-17(15)21-3/h4-8,10,14,19H,9,11H2,1-3H3. The van der Waals surface area contributed by atoms with Crippen LogP contribution in [-0.4, -0.2) is 33.9 Å². The molecule has 0 radical (unpaired) electrons. The quantitative estimate of drug-likeness (QED) is 0.921. The van der Waals surface area contributed by atoms with E-state index in [1.165, 1.54) is 5.56 Å². The van der Waals surface area contributed by atoms with Crippen molar-refractivity contribution in [3.8, 4) is 28.4 Å². The Hall–Kier alpha value is -2.20. The fraction of sp³-hybridized carbons (Fsp3) is 0.333. The van der Waals surface area contributed by atoms with Crippen molar-refractivity contribution < 1.29 is 14.2 Å². The number of rotatable bonds is 5. The van der Waals surface area contributed by atoms with Crippen LogP contribution in [0.5, 0.6) is 17.2 Å². The zero-order valence-electron chi connectivity index (χ0n) is 13.2. The highest BCUT2D eigenvalue weighted by Gasteiger charge is 2.26. The fourth-order valence-electron chi connectivity index (χ4n) is 2.91. The van der Waals surface area contributed by atoms with Crippen LogP contribution < -0.4 is 19.5 Å². The molecule has 4 heteroatoms. The van der Waals surface area contributed by atoms with Crippen molar-refractivity contribution in [2.75, 3.05) is 27.8 Å². The molecule has 0 amide bonds. The van der Waals surface area contributed by atoms with Crippen LogP contribution in [0.15, 0.2) is 36.4 Å². The predicted molar refractivity (Wildman–Crippen MR) is 87.0 cm³/mol. The second-order valence-electron chi connectivity index (χ2n) is 5.36. The average Bonchev–Trinajstić information content (AvgIpc) is 2.97. The van der Waals surface area contributed by atoms with Gasteiger partial charge in [-0.3, -0.25) is 0 Å². The third kappa shape index (κ3) is 2.62. The van der Waals surface area contributed by atoms with Crippen molar-refractivity contribution in [1.82, 2.24) is 5.32 Å². The molecule has 0 aromatic heterocycles. The van der Waals surface area contributed by atoms with Crippen LogP contribution in [0.1, 0.15) is 5.56 Å². The molecule has 4 nitrogen and oxygen atoms in total. The number of hydrogen-bond donors (Lipinski definition) is 1. The summed E-state index contributed by atoms with van der Waals surface area (Å²) >= 11 is 0. The molecule has 1 heterocycles. The minimum atomic E-state index is 0.186. The van der Waals surface area contributed by atoms with E-state index in [2.05, 4.69) is 23.5 Å². The highest BCUT2D eigenvalue weighted by atomic mass is 16.5. The second kappa shape index (κ2) is 6.28. The molecule has 1 unspecified atom stereocenters. The normalized spacial score (nSPS) is 16.0. The summed E-state index contributed by atoms with van der Waals surface area (Å²) in [6, 6.07) is 12.1. The molecule has 1 atom stereocenters. The molecular formula is C18H21NO3. The molecule has 0 saturated carbocycles. The van der Waals surface area contributed by atoms with Crippen molar-refractivity contribution in [3.05, 3.63) is 42.0 Å². The largest absolute Gasteiger partial charge is 0.497 e. The molecule has 116 valence electrons. The molecule has 1 aliphatic rings. The number of nitrogens with one attached hydrogen (secondary N) is 1. The lowest BCUT2D eigenvalue weighted by atomic mass is 9.99. The number of ether oxygens (including phenoxy) is 3. The third-order valence-corrected chi connectivity index (χ3v) is 3.96. The molecule has 0 bridgehead atoms. The number of fused-ring (bicyclic) bond motifs is 1. The molecule has 2 aromatic rings. The van der Waals surface area contributed by atoms with Crippen LogP contribution in [0.2, 0.25) is 0 Å². The SMILES string of the molecule is CNCC1Cc2cccc(-c3ccc(OC)cc3OC)c2O1. The van der Waals surface area contributed by atoms with Gasteiger partial charge in [0.05, 0.1) is 14.2 Å². The Morgan fingerprint density at radius 3 is 2.73 bits per heavy atom. The van der Waals surface area contributed by atoms with E-state index in [1.807, 2.05) is 25.2 Å². The van der Waals surface area contributed by atoms with Gasteiger partial charge in [0, 0.05) is 30.2 Å². The van der Waals surface area contributed by atoms with E-state index in [9.17, 15) is 0 Å². The first-order valence-corrected chi connectivity index (χ1v) is 7.42. The Labute approximate surface area is 131 Å². The monoisotopic (exact) mass is 299 g/mol. The van der Waals surface area contributed by atoms with E-state index in [4.69, 9.17) is 14.2 Å². The molecule has 0 saturated heterocycles. The van der Waals surface area contributed by atoms with E-state index in [0.717, 1.165) is 41.3 Å². The lowest BCUT2D eigenvalue weighted by molar-refractivity contribution is 0.232. The summed E-state index contributed by atoms with van der Waals surface area (Å²) < 4.78 is 16.9. The summed E-state index contributed by atoms with van der Waals surface area (Å²) in [6.45, 7) is 0.841. The Morgan fingerprint density at radius 2 is 2.00 bits per heavy atom. The van der Waals surface area contributed by atoms with Gasteiger partial charge in [-0.05, 0) is 24.7 Å². The minimum absolute atomic E-state index is 0.186. The number of benzene rings is 2. The van der Waals surface area contributed by atoms with Crippen LogP contribution in [0.3, 0.4) is 0 Å². The van der Waals surface area contributed by atoms with Crippen LogP contribution in [0.4, 0.5) is 0 Å². The topological polar surface area (TPSA) is 39.7 Å². The van der Waals surface area contributed by atoms with Gasteiger partial charge in [-0.25, -0.2) is 0 Å². The van der Waals surface area contributed by atoms with E-state index >= 15 is 0 Å². The summed E-state index contributed by atoms with van der Waals surface area (Å²) in [5.41, 5.74) is 3.33. The zero-order valence-corrected chi connectivity index (χ0v) is 13.2. The Balaban J connectivity index is 2.03. The predicted octanol–water partition coefficient (Wildman–Crippen LogP) is 2.89. The van der Waals surface area contributed by atoms with E-state index in [-0.39, 0.29) is 6.10 Å². The van der Waals surface area contributed by atoms with Gasteiger partial charge in [0.2, 0.25) is 0 Å². The summed E-state index contributed by atoms with van der Waals surface area (Å²) in [5, 5.41) is 3.18. The van der Waals surface area contributed by atoms with Crippen molar-refractivity contribution in [3.63, 3.8) is 0 Å². The molecular weight excluding hydrogens is 278 g/mol. The van der Waals surface area contributed by atoms with Crippen LogP contribution >= 0.6 is 0 Å². The first kappa shape index (κ1) is 14.7. The number of hydrogen-bond acceptors (Lipinski definition) is 4. The third-order valence-electron chi connectivity index (χ3n) is 3.96. The molecule has 1 N–H and O–H groups in total. The second-order valence-corrected chi connectivity index (χ2v) is 5.36. The first-order chi connectivity index (χ1) is 10.8. The van der Waals surface area contributed by atoms with E-state index in [1.54, 1.807) is 14.2 Å².